The minimum Gasteiger partial charge on any atom is -0.480 e. The summed E-state index contributed by atoms with van der Waals surface area (Å²) in [6, 6.07) is 7.42. The molecule has 43 heavy (non-hydrogen) atoms. The molecule has 0 aromatic heterocycles. The number of anilines is 1. The van der Waals surface area contributed by atoms with E-state index in [1.165, 1.54) is 17.0 Å². The molecule has 0 spiro atoms. The van der Waals surface area contributed by atoms with Crippen LogP contribution in [-0.2, 0) is 30.8 Å². The number of carbonyl (C=O) groups excluding carboxylic acids is 2. The normalized spacial score (nSPS) is 21.5. The Hall–Kier alpha value is -3.52. The largest absolute Gasteiger partial charge is 0.480 e. The summed E-state index contributed by atoms with van der Waals surface area (Å²) in [7, 11) is -4.12. The van der Waals surface area contributed by atoms with Gasteiger partial charge in [0, 0.05) is 17.3 Å². The zero-order valence-electron chi connectivity index (χ0n) is 23.5. The smallest absolute Gasteiger partial charge is 0.326 e. The molecule has 14 heteroatoms. The van der Waals surface area contributed by atoms with Crippen LogP contribution in [0.3, 0.4) is 0 Å². The number of halogens is 1. The lowest BCUT2D eigenvalue weighted by atomic mass is 9.84. The molecule has 5 atom stereocenters. The fourth-order valence-corrected chi connectivity index (χ4v) is 7.08. The molecule has 4 rings (SSSR count). The van der Waals surface area contributed by atoms with E-state index in [0.29, 0.717) is 18.5 Å². The molecule has 0 bridgehead atoms. The number of amides is 2. The summed E-state index contributed by atoms with van der Waals surface area (Å²) in [5.41, 5.74) is 1.25. The number of hydrogen-bond donors (Lipinski definition) is 5. The zero-order valence-corrected chi connectivity index (χ0v) is 25.1. The van der Waals surface area contributed by atoms with Crippen LogP contribution < -0.4 is 15.8 Å². The van der Waals surface area contributed by atoms with E-state index in [-0.39, 0.29) is 33.9 Å². The van der Waals surface area contributed by atoms with Crippen LogP contribution in [0.1, 0.15) is 61.4 Å². The monoisotopic (exact) mass is 634 g/mol. The van der Waals surface area contributed by atoms with Gasteiger partial charge in [0.2, 0.25) is 15.9 Å². The number of carboxylic acid groups (broad SMARTS) is 2. The quantitative estimate of drug-likeness (QED) is 0.247. The van der Waals surface area contributed by atoms with Crippen molar-refractivity contribution in [2.24, 2.45) is 11.1 Å². The number of fused-ring (bicyclic) bond motifs is 1. The highest BCUT2D eigenvalue weighted by atomic mass is 35.5. The second-order valence-electron chi connectivity index (χ2n) is 11.1. The van der Waals surface area contributed by atoms with E-state index in [1.807, 2.05) is 0 Å². The van der Waals surface area contributed by atoms with Gasteiger partial charge in [0.15, 0.2) is 0 Å². The van der Waals surface area contributed by atoms with Gasteiger partial charge in [-0.1, -0.05) is 36.6 Å². The van der Waals surface area contributed by atoms with Gasteiger partial charge in [0.05, 0.1) is 11.1 Å². The molecule has 2 aliphatic rings. The van der Waals surface area contributed by atoms with Crippen molar-refractivity contribution in [3.63, 3.8) is 0 Å². The third-order valence-electron chi connectivity index (χ3n) is 8.18. The maximum absolute atomic E-state index is 13.4. The Morgan fingerprint density at radius 3 is 2.37 bits per heavy atom. The average molecular weight is 635 g/mol. The Labute approximate surface area is 254 Å². The molecule has 1 aliphatic heterocycles. The predicted octanol–water partition coefficient (Wildman–Crippen LogP) is 2.85. The van der Waals surface area contributed by atoms with Gasteiger partial charge < -0.3 is 20.4 Å². The van der Waals surface area contributed by atoms with Gasteiger partial charge in [-0.25, -0.2) is 18.4 Å². The van der Waals surface area contributed by atoms with Crippen molar-refractivity contribution in [2.45, 2.75) is 80.9 Å². The van der Waals surface area contributed by atoms with E-state index in [4.69, 9.17) is 16.7 Å². The van der Waals surface area contributed by atoms with E-state index in [0.717, 1.165) is 37.3 Å². The van der Waals surface area contributed by atoms with Crippen molar-refractivity contribution < 1.29 is 37.8 Å². The van der Waals surface area contributed by atoms with Crippen LogP contribution in [0.2, 0.25) is 5.02 Å². The summed E-state index contributed by atoms with van der Waals surface area (Å²) in [4.78, 5) is 51.1. The first-order chi connectivity index (χ1) is 20.3. The maximum Gasteiger partial charge on any atom is 0.326 e. The molecule has 1 heterocycles. The number of nitrogens with two attached hydrogens (primary N) is 1. The minimum atomic E-state index is -4.12. The lowest BCUT2D eigenvalue weighted by Crippen LogP contribution is -2.55. The first kappa shape index (κ1) is 32.4. The van der Waals surface area contributed by atoms with Crippen molar-refractivity contribution in [3.05, 3.63) is 58.6 Å². The predicted molar refractivity (Wildman–Crippen MR) is 158 cm³/mol. The van der Waals surface area contributed by atoms with Crippen molar-refractivity contribution in [1.82, 2.24) is 10.2 Å². The van der Waals surface area contributed by atoms with Crippen LogP contribution >= 0.6 is 11.6 Å². The summed E-state index contributed by atoms with van der Waals surface area (Å²) < 4.78 is 23.4. The van der Waals surface area contributed by atoms with Crippen molar-refractivity contribution in [3.8, 4) is 0 Å². The number of nitrogens with zero attached hydrogens (tertiary/aromatic N) is 1. The van der Waals surface area contributed by atoms with Crippen molar-refractivity contribution in [2.75, 3.05) is 5.32 Å². The highest BCUT2D eigenvalue weighted by molar-refractivity contribution is 7.89. The standard InChI is InChI=1S/C29H35ClN4O8S/c1-16(27(36)34-23-5-3-2-4-18(23)14-24(34)29(39)40)32-22(28(37)38)13-8-17-6-10-20(11-7-17)33-26(35)19-9-12-21(30)25(15-19)43(31,41)42/h6-7,9-12,15-16,18,22-24,32H,2-5,8,13-14H2,1H3,(H,33,35)(H,37,38)(H,39,40)(H2,31,41,42)/t16-,18+,22-,23+,24-/m0/s1. The molecular formula is C29H35ClN4O8S. The number of rotatable bonds is 11. The van der Waals surface area contributed by atoms with Gasteiger partial charge in [-0.15, -0.1) is 0 Å². The van der Waals surface area contributed by atoms with Crippen molar-refractivity contribution >= 4 is 51.1 Å². The SMILES string of the molecule is C[C@H](N[C@@H](CCc1ccc(NC(=O)c2ccc(Cl)c(S(N)(=O)=O)c2)cc1)C(=O)O)C(=O)N1[C@@H]2CCCC[C@@H]2C[C@H]1C(=O)O. The van der Waals surface area contributed by atoms with Gasteiger partial charge in [-0.05, 0) is 80.8 Å². The highest BCUT2D eigenvalue weighted by Gasteiger charge is 2.48. The molecule has 2 aromatic carbocycles. The molecule has 2 aromatic rings. The first-order valence-corrected chi connectivity index (χ1v) is 15.9. The van der Waals surface area contributed by atoms with Crippen molar-refractivity contribution in [1.29, 1.82) is 0 Å². The van der Waals surface area contributed by atoms with Gasteiger partial charge in [-0.2, -0.15) is 0 Å². The number of benzene rings is 2. The molecule has 6 N–H and O–H groups in total. The van der Waals surface area contributed by atoms with Crippen LogP contribution in [0, 0.1) is 5.92 Å². The van der Waals surface area contributed by atoms with Gasteiger partial charge in [0.25, 0.3) is 5.91 Å². The Morgan fingerprint density at radius 2 is 1.74 bits per heavy atom. The topological polar surface area (TPSA) is 196 Å². The molecule has 12 nitrogen and oxygen atoms in total. The minimum absolute atomic E-state index is 0.0409. The van der Waals surface area contributed by atoms with E-state index in [1.54, 1.807) is 31.2 Å². The summed E-state index contributed by atoms with van der Waals surface area (Å²) in [6.45, 7) is 1.57. The molecular weight excluding hydrogens is 600 g/mol. The van der Waals surface area contributed by atoms with Gasteiger partial charge in [-0.3, -0.25) is 19.7 Å². The second kappa shape index (κ2) is 13.4. The number of aryl methyl sites for hydroxylation is 1. The number of likely N-dealkylation sites (tertiary alicyclic amines) is 1. The number of sulfonamides is 1. The van der Waals surface area contributed by atoms with E-state index >= 15 is 0 Å². The Balaban J connectivity index is 1.35. The highest BCUT2D eigenvalue weighted by Crippen LogP contribution is 2.40. The Kier molecular flexibility index (Phi) is 10.1. The molecule has 2 fully saturated rings. The fourth-order valence-electron chi connectivity index (χ4n) is 6.00. The summed E-state index contributed by atoms with van der Waals surface area (Å²) in [5, 5.41) is 30.2. The summed E-state index contributed by atoms with van der Waals surface area (Å²) in [6.07, 6.45) is 4.52. The van der Waals surface area contributed by atoms with Crippen LogP contribution in [0.5, 0.6) is 0 Å². The number of carbonyl (C=O) groups is 4. The van der Waals surface area contributed by atoms with Crippen LogP contribution in [0.25, 0.3) is 0 Å². The number of carboxylic acids is 2. The maximum atomic E-state index is 13.4. The average Bonchev–Trinajstić information content (AvgIpc) is 3.35. The van der Waals surface area contributed by atoms with E-state index in [9.17, 15) is 37.8 Å². The summed E-state index contributed by atoms with van der Waals surface area (Å²) >= 11 is 5.88. The van der Waals surface area contributed by atoms with Gasteiger partial charge in [0.1, 0.15) is 17.0 Å². The second-order valence-corrected chi connectivity index (χ2v) is 13.0. The molecule has 1 saturated carbocycles. The molecule has 2 amide bonds. The summed E-state index contributed by atoms with van der Waals surface area (Å²) in [5.74, 6) is -2.99. The molecule has 0 unspecified atom stereocenters. The zero-order chi connectivity index (χ0) is 31.5. The van der Waals surface area contributed by atoms with Crippen LogP contribution in [0.4, 0.5) is 5.69 Å². The first-order valence-electron chi connectivity index (χ1n) is 14.0. The van der Waals surface area contributed by atoms with E-state index in [2.05, 4.69) is 10.6 Å². The van der Waals surface area contributed by atoms with Gasteiger partial charge >= 0.3 is 11.9 Å². The Morgan fingerprint density at radius 1 is 1.07 bits per heavy atom. The van der Waals surface area contributed by atoms with Crippen LogP contribution in [0.15, 0.2) is 47.4 Å². The third kappa shape index (κ3) is 7.71. The Bertz CT molecular complexity index is 1500. The molecule has 1 aliphatic carbocycles. The lowest BCUT2D eigenvalue weighted by Gasteiger charge is -2.35. The van der Waals surface area contributed by atoms with E-state index < -0.39 is 51.9 Å². The fraction of sp³-hybridized carbons (Fsp3) is 0.448. The molecule has 232 valence electrons. The number of hydrogen-bond acceptors (Lipinski definition) is 7. The molecule has 0 radical (unpaired) electrons. The number of aliphatic carboxylic acids is 2. The molecule has 1 saturated heterocycles. The number of nitrogens with one attached hydrogen (secondary N) is 2. The third-order valence-corrected chi connectivity index (χ3v) is 9.57. The lowest BCUT2D eigenvalue weighted by molar-refractivity contribution is -0.151. The number of primary sulfonamides is 1. The van der Waals surface area contributed by atoms with Crippen LogP contribution in [-0.4, -0.2) is 71.5 Å².